The fourth-order valence-electron chi connectivity index (χ4n) is 1.36. The van der Waals surface area contributed by atoms with Crippen LogP contribution < -0.4 is 5.32 Å². The number of carbonyl (C=O) groups excluding carboxylic acids is 1. The average Bonchev–Trinajstić information content (AvgIpc) is 2.42. The minimum atomic E-state index is -3.34. The Morgan fingerprint density at radius 1 is 1.80 bits per heavy atom. The summed E-state index contributed by atoms with van der Waals surface area (Å²) in [5, 5.41) is 2.87. The Morgan fingerprint density at radius 2 is 2.47 bits per heavy atom. The van der Waals surface area contributed by atoms with Gasteiger partial charge in [-0.1, -0.05) is 12.8 Å². The number of carbonyl (C=O) groups is 1. The van der Waals surface area contributed by atoms with Gasteiger partial charge in [-0.15, -0.1) is 6.42 Å². The van der Waals surface area contributed by atoms with Gasteiger partial charge in [0.25, 0.3) is 0 Å². The van der Waals surface area contributed by atoms with Gasteiger partial charge in [-0.25, -0.2) is 4.79 Å². The van der Waals surface area contributed by atoms with Gasteiger partial charge in [0.1, 0.15) is 6.10 Å². The molecule has 0 saturated carbocycles. The van der Waals surface area contributed by atoms with Crippen LogP contribution in [0.4, 0.5) is 8.78 Å². The first-order chi connectivity index (χ1) is 6.99. The van der Waals surface area contributed by atoms with Gasteiger partial charge in [0.2, 0.25) is 0 Å². The summed E-state index contributed by atoms with van der Waals surface area (Å²) in [6, 6.07) is -0.169. The van der Waals surface area contributed by atoms with E-state index in [-0.39, 0.29) is 12.6 Å². The molecule has 84 valence electrons. The highest BCUT2D eigenvalue weighted by molar-refractivity contribution is 5.79. The fourth-order valence-corrected chi connectivity index (χ4v) is 1.36. The van der Waals surface area contributed by atoms with Crippen molar-refractivity contribution in [3.05, 3.63) is 0 Å². The van der Waals surface area contributed by atoms with Crippen LogP contribution >= 0.6 is 0 Å². The van der Waals surface area contributed by atoms with E-state index in [0.717, 1.165) is 0 Å². The number of halogens is 2. The molecule has 0 aliphatic carbocycles. The normalized spacial score (nSPS) is 25.7. The molecule has 0 radical (unpaired) electrons. The predicted octanol–water partition coefficient (Wildman–Crippen LogP) is 0.939. The van der Waals surface area contributed by atoms with E-state index in [1.54, 1.807) is 0 Å². The standard InChI is InChI=1S/C10H13F2NO2/c1-3-7(4-2)13-6-8-5-10(11,12)9(14)15-8/h1,7-8,13H,4-6H2,2H3. The number of rotatable bonds is 4. The smallest absolute Gasteiger partial charge is 0.377 e. The molecular formula is C10H13F2NO2. The highest BCUT2D eigenvalue weighted by Gasteiger charge is 2.50. The summed E-state index contributed by atoms with van der Waals surface area (Å²) in [4.78, 5) is 10.6. The molecule has 0 spiro atoms. The van der Waals surface area contributed by atoms with Crippen LogP contribution in [0, 0.1) is 12.3 Å². The molecule has 3 nitrogen and oxygen atoms in total. The number of ether oxygens (including phenoxy) is 1. The lowest BCUT2D eigenvalue weighted by Gasteiger charge is -2.13. The van der Waals surface area contributed by atoms with E-state index >= 15 is 0 Å². The van der Waals surface area contributed by atoms with E-state index in [0.29, 0.717) is 6.42 Å². The molecule has 0 aromatic rings. The Balaban J connectivity index is 2.37. The van der Waals surface area contributed by atoms with Crippen LogP contribution in [0.15, 0.2) is 0 Å². The summed E-state index contributed by atoms with van der Waals surface area (Å²) in [5.41, 5.74) is 0. The van der Waals surface area contributed by atoms with Gasteiger partial charge < -0.3 is 4.74 Å². The maximum absolute atomic E-state index is 12.7. The molecule has 1 aliphatic rings. The van der Waals surface area contributed by atoms with Crippen molar-refractivity contribution in [3.63, 3.8) is 0 Å². The minimum absolute atomic E-state index is 0.169. The van der Waals surface area contributed by atoms with Crippen LogP contribution in [-0.4, -0.2) is 30.6 Å². The van der Waals surface area contributed by atoms with Crippen molar-refractivity contribution in [2.75, 3.05) is 6.54 Å². The third kappa shape index (κ3) is 2.90. The van der Waals surface area contributed by atoms with Gasteiger partial charge >= 0.3 is 11.9 Å². The highest BCUT2D eigenvalue weighted by Crippen LogP contribution is 2.30. The second-order valence-corrected chi connectivity index (χ2v) is 3.47. The zero-order chi connectivity index (χ0) is 11.5. The van der Waals surface area contributed by atoms with Gasteiger partial charge in [0.15, 0.2) is 0 Å². The Hall–Kier alpha value is -1.15. The lowest BCUT2D eigenvalue weighted by atomic mass is 10.1. The first-order valence-electron chi connectivity index (χ1n) is 4.78. The first kappa shape index (κ1) is 11.9. The maximum atomic E-state index is 12.7. The van der Waals surface area contributed by atoms with Crippen LogP contribution in [-0.2, 0) is 9.53 Å². The summed E-state index contributed by atoms with van der Waals surface area (Å²) >= 11 is 0. The minimum Gasteiger partial charge on any atom is -0.456 e. The zero-order valence-electron chi connectivity index (χ0n) is 8.43. The van der Waals surface area contributed by atoms with Crippen LogP contribution in [0.5, 0.6) is 0 Å². The number of hydrogen-bond acceptors (Lipinski definition) is 3. The lowest BCUT2D eigenvalue weighted by molar-refractivity contribution is -0.159. The molecule has 2 atom stereocenters. The van der Waals surface area contributed by atoms with E-state index in [9.17, 15) is 13.6 Å². The zero-order valence-corrected chi connectivity index (χ0v) is 8.43. The fraction of sp³-hybridized carbons (Fsp3) is 0.700. The molecule has 0 aromatic carbocycles. The number of terminal acetylenes is 1. The molecule has 0 amide bonds. The highest BCUT2D eigenvalue weighted by atomic mass is 19.3. The quantitative estimate of drug-likeness (QED) is 0.562. The van der Waals surface area contributed by atoms with Crippen molar-refractivity contribution in [1.82, 2.24) is 5.32 Å². The topological polar surface area (TPSA) is 38.3 Å². The van der Waals surface area contributed by atoms with Crippen molar-refractivity contribution in [2.24, 2.45) is 0 Å². The predicted molar refractivity (Wildman–Crippen MR) is 50.4 cm³/mol. The molecule has 1 fully saturated rings. The Morgan fingerprint density at radius 3 is 2.87 bits per heavy atom. The van der Waals surface area contributed by atoms with Gasteiger partial charge in [0, 0.05) is 6.54 Å². The third-order valence-electron chi connectivity index (χ3n) is 2.26. The van der Waals surface area contributed by atoms with Gasteiger partial charge in [-0.2, -0.15) is 8.78 Å². The van der Waals surface area contributed by atoms with Gasteiger partial charge in [0.05, 0.1) is 12.5 Å². The second-order valence-electron chi connectivity index (χ2n) is 3.47. The average molecular weight is 217 g/mol. The molecular weight excluding hydrogens is 204 g/mol. The largest absolute Gasteiger partial charge is 0.456 e. The molecule has 1 saturated heterocycles. The Bertz CT molecular complexity index is 286. The monoisotopic (exact) mass is 217 g/mol. The number of esters is 1. The molecule has 1 aliphatic heterocycles. The lowest BCUT2D eigenvalue weighted by Crippen LogP contribution is -2.34. The van der Waals surface area contributed by atoms with Crippen molar-refractivity contribution in [1.29, 1.82) is 0 Å². The first-order valence-corrected chi connectivity index (χ1v) is 4.78. The van der Waals surface area contributed by atoms with E-state index in [1.165, 1.54) is 0 Å². The van der Waals surface area contributed by atoms with Gasteiger partial charge in [-0.05, 0) is 6.42 Å². The summed E-state index contributed by atoms with van der Waals surface area (Å²) in [5.74, 6) is -2.32. The van der Waals surface area contributed by atoms with Crippen LogP contribution in [0.1, 0.15) is 19.8 Å². The molecule has 2 unspecified atom stereocenters. The van der Waals surface area contributed by atoms with Crippen LogP contribution in [0.25, 0.3) is 0 Å². The molecule has 0 bridgehead atoms. The van der Waals surface area contributed by atoms with Gasteiger partial charge in [-0.3, -0.25) is 5.32 Å². The van der Waals surface area contributed by atoms with E-state index in [4.69, 9.17) is 6.42 Å². The molecule has 1 heterocycles. The molecule has 1 N–H and O–H groups in total. The Labute approximate surface area is 87.2 Å². The molecule has 15 heavy (non-hydrogen) atoms. The van der Waals surface area contributed by atoms with Crippen molar-refractivity contribution >= 4 is 5.97 Å². The van der Waals surface area contributed by atoms with Crippen LogP contribution in [0.2, 0.25) is 0 Å². The molecule has 1 rings (SSSR count). The summed E-state index contributed by atoms with van der Waals surface area (Å²) < 4.78 is 30.0. The summed E-state index contributed by atoms with van der Waals surface area (Å²) in [7, 11) is 0. The summed E-state index contributed by atoms with van der Waals surface area (Å²) in [6.45, 7) is 2.05. The SMILES string of the molecule is C#CC(CC)NCC1CC(F)(F)C(=O)O1. The van der Waals surface area contributed by atoms with E-state index < -0.39 is 24.4 Å². The second kappa shape index (κ2) is 4.58. The van der Waals surface area contributed by atoms with Crippen LogP contribution in [0.3, 0.4) is 0 Å². The van der Waals surface area contributed by atoms with Crippen molar-refractivity contribution in [3.8, 4) is 12.3 Å². The summed E-state index contributed by atoms with van der Waals surface area (Å²) in [6.07, 6.45) is 4.53. The van der Waals surface area contributed by atoms with E-state index in [1.807, 2.05) is 6.92 Å². The molecule has 0 aromatic heterocycles. The number of hydrogen-bond donors (Lipinski definition) is 1. The molecule has 5 heteroatoms. The Kier molecular flexibility index (Phi) is 3.64. The maximum Gasteiger partial charge on any atom is 0.377 e. The number of cyclic esters (lactones) is 1. The van der Waals surface area contributed by atoms with Crippen molar-refractivity contribution < 1.29 is 18.3 Å². The number of alkyl halides is 2. The van der Waals surface area contributed by atoms with Crippen molar-refractivity contribution in [2.45, 2.75) is 37.8 Å². The third-order valence-corrected chi connectivity index (χ3v) is 2.26. The van der Waals surface area contributed by atoms with E-state index in [2.05, 4.69) is 16.0 Å². The number of nitrogens with one attached hydrogen (secondary N) is 1.